The monoisotopic (exact) mass is 263 g/mol. The number of aromatic nitrogens is 1. The summed E-state index contributed by atoms with van der Waals surface area (Å²) in [6.45, 7) is 5.86. The average Bonchev–Trinajstić information content (AvgIpc) is 2.16. The molecule has 1 aromatic rings. The van der Waals surface area contributed by atoms with Gasteiger partial charge in [0.2, 0.25) is 5.88 Å². The van der Waals surface area contributed by atoms with Crippen molar-refractivity contribution < 1.29 is 13.2 Å². The molecule has 1 heterocycles. The maximum atomic E-state index is 11.0. The van der Waals surface area contributed by atoms with Crippen molar-refractivity contribution >= 4 is 19.7 Å². The minimum Gasteiger partial charge on any atom is -0.472 e. The molecule has 0 saturated heterocycles. The maximum Gasteiger partial charge on any atom is 0.262 e. The summed E-state index contributed by atoms with van der Waals surface area (Å²) in [7, 11) is 1.45. The second-order valence-corrected chi connectivity index (χ2v) is 6.55. The first-order chi connectivity index (χ1) is 7.24. The second kappa shape index (κ2) is 4.59. The number of halogens is 1. The van der Waals surface area contributed by atoms with Crippen LogP contribution in [-0.2, 0) is 9.05 Å². The van der Waals surface area contributed by atoms with Gasteiger partial charge in [-0.15, -0.1) is 0 Å². The van der Waals surface area contributed by atoms with Crippen molar-refractivity contribution in [1.82, 2.24) is 4.98 Å². The first-order valence-corrected chi connectivity index (χ1v) is 7.15. The third kappa shape index (κ3) is 3.64. The lowest BCUT2D eigenvalue weighted by Crippen LogP contribution is -2.27. The molecule has 0 radical (unpaired) electrons. The summed E-state index contributed by atoms with van der Waals surface area (Å²) in [5.74, 6) is 0.385. The number of nitrogens with zero attached hydrogens (tertiary/aromatic N) is 1. The van der Waals surface area contributed by atoms with E-state index in [-0.39, 0.29) is 10.5 Å². The highest BCUT2D eigenvalue weighted by Crippen LogP contribution is 2.21. The van der Waals surface area contributed by atoms with Gasteiger partial charge in [0.1, 0.15) is 10.5 Å². The van der Waals surface area contributed by atoms with Gasteiger partial charge in [-0.1, -0.05) is 6.92 Å². The fourth-order valence-electron chi connectivity index (χ4n) is 0.927. The Morgan fingerprint density at radius 1 is 1.44 bits per heavy atom. The molecule has 0 saturated carbocycles. The third-order valence-electron chi connectivity index (χ3n) is 2.22. The van der Waals surface area contributed by atoms with E-state index >= 15 is 0 Å². The van der Waals surface area contributed by atoms with E-state index in [0.29, 0.717) is 5.88 Å². The molecule has 0 N–H and O–H groups in total. The Kier molecular flexibility index (Phi) is 3.80. The van der Waals surface area contributed by atoms with Gasteiger partial charge >= 0.3 is 0 Å². The van der Waals surface area contributed by atoms with Crippen molar-refractivity contribution in [2.24, 2.45) is 0 Å². The molecule has 0 atom stereocenters. The molecular weight excluding hydrogens is 250 g/mol. The topological polar surface area (TPSA) is 56.3 Å². The van der Waals surface area contributed by atoms with Crippen molar-refractivity contribution in [1.29, 1.82) is 0 Å². The van der Waals surface area contributed by atoms with Crippen LogP contribution in [0.3, 0.4) is 0 Å². The molecule has 16 heavy (non-hydrogen) atoms. The van der Waals surface area contributed by atoms with Crippen LogP contribution in [0.5, 0.6) is 5.88 Å². The summed E-state index contributed by atoms with van der Waals surface area (Å²) in [6.07, 6.45) is 2.01. The van der Waals surface area contributed by atoms with Crippen molar-refractivity contribution in [3.05, 3.63) is 18.3 Å². The van der Waals surface area contributed by atoms with Gasteiger partial charge < -0.3 is 4.74 Å². The highest BCUT2D eigenvalue weighted by atomic mass is 35.7. The number of rotatable bonds is 4. The van der Waals surface area contributed by atoms with Gasteiger partial charge in [-0.2, -0.15) is 0 Å². The average molecular weight is 264 g/mol. The number of pyridine rings is 1. The van der Waals surface area contributed by atoms with E-state index in [1.807, 2.05) is 20.8 Å². The summed E-state index contributed by atoms with van der Waals surface area (Å²) in [5.41, 5.74) is -0.325. The number of hydrogen-bond donors (Lipinski definition) is 0. The standard InChI is InChI=1S/C10H14ClNO3S/c1-4-10(2,3)15-9-6-5-8(7-12-9)16(11,13)14/h5-7H,4H2,1-3H3. The Morgan fingerprint density at radius 3 is 2.44 bits per heavy atom. The lowest BCUT2D eigenvalue weighted by Gasteiger charge is -2.23. The Balaban J connectivity index is 2.89. The van der Waals surface area contributed by atoms with Gasteiger partial charge in [-0.05, 0) is 26.3 Å². The first kappa shape index (κ1) is 13.3. The van der Waals surface area contributed by atoms with E-state index in [0.717, 1.165) is 6.42 Å². The van der Waals surface area contributed by atoms with E-state index in [1.54, 1.807) is 0 Å². The van der Waals surface area contributed by atoms with Gasteiger partial charge in [-0.25, -0.2) is 13.4 Å². The lowest BCUT2D eigenvalue weighted by molar-refractivity contribution is 0.0989. The van der Waals surface area contributed by atoms with Crippen molar-refractivity contribution in [3.8, 4) is 5.88 Å². The zero-order chi connectivity index (χ0) is 12.4. The largest absolute Gasteiger partial charge is 0.472 e. The van der Waals surface area contributed by atoms with Crippen LogP contribution in [0.25, 0.3) is 0 Å². The fraction of sp³-hybridized carbons (Fsp3) is 0.500. The maximum absolute atomic E-state index is 11.0. The summed E-state index contributed by atoms with van der Waals surface area (Å²) in [5, 5.41) is 0. The normalized spacial score (nSPS) is 12.5. The molecule has 0 aromatic carbocycles. The Labute approximate surface area is 100 Å². The van der Waals surface area contributed by atoms with E-state index in [4.69, 9.17) is 15.4 Å². The fourth-order valence-corrected chi connectivity index (χ4v) is 1.61. The summed E-state index contributed by atoms with van der Waals surface area (Å²) in [4.78, 5) is 3.86. The minimum atomic E-state index is -3.71. The molecular formula is C10H14ClNO3S. The van der Waals surface area contributed by atoms with Gasteiger partial charge in [0, 0.05) is 16.7 Å². The van der Waals surface area contributed by atoms with Crippen molar-refractivity contribution in [2.75, 3.05) is 0 Å². The van der Waals surface area contributed by atoms with Crippen molar-refractivity contribution in [2.45, 2.75) is 37.7 Å². The van der Waals surface area contributed by atoms with Gasteiger partial charge in [-0.3, -0.25) is 0 Å². The van der Waals surface area contributed by atoms with E-state index in [2.05, 4.69) is 4.98 Å². The van der Waals surface area contributed by atoms with E-state index in [9.17, 15) is 8.42 Å². The Hall–Kier alpha value is -0.810. The van der Waals surface area contributed by atoms with Crippen molar-refractivity contribution in [3.63, 3.8) is 0 Å². The molecule has 0 aliphatic rings. The minimum absolute atomic E-state index is 0.0316. The van der Waals surface area contributed by atoms with Crippen LogP contribution in [-0.4, -0.2) is 19.0 Å². The molecule has 0 aliphatic carbocycles. The van der Waals surface area contributed by atoms with E-state index in [1.165, 1.54) is 18.3 Å². The highest BCUT2D eigenvalue weighted by Gasteiger charge is 2.18. The molecule has 0 fully saturated rings. The summed E-state index contributed by atoms with van der Waals surface area (Å²) in [6, 6.07) is 2.86. The van der Waals surface area contributed by atoms with E-state index < -0.39 is 9.05 Å². The van der Waals surface area contributed by atoms with Crippen LogP contribution in [0.2, 0.25) is 0 Å². The molecule has 6 heteroatoms. The van der Waals surface area contributed by atoms with Crippen LogP contribution in [0, 0.1) is 0 Å². The zero-order valence-corrected chi connectivity index (χ0v) is 11.0. The molecule has 0 spiro atoms. The van der Waals surface area contributed by atoms with Gasteiger partial charge in [0.25, 0.3) is 9.05 Å². The zero-order valence-electron chi connectivity index (χ0n) is 9.40. The molecule has 1 rings (SSSR count). The number of ether oxygens (including phenoxy) is 1. The number of hydrogen-bond acceptors (Lipinski definition) is 4. The third-order valence-corrected chi connectivity index (χ3v) is 3.56. The quantitative estimate of drug-likeness (QED) is 0.784. The Morgan fingerprint density at radius 2 is 2.06 bits per heavy atom. The first-order valence-electron chi connectivity index (χ1n) is 4.84. The second-order valence-electron chi connectivity index (χ2n) is 3.99. The predicted molar refractivity (Wildman–Crippen MR) is 62.3 cm³/mol. The molecule has 1 aromatic heterocycles. The van der Waals surface area contributed by atoms with Crippen LogP contribution in [0.15, 0.2) is 23.2 Å². The van der Waals surface area contributed by atoms with Crippen LogP contribution < -0.4 is 4.74 Å². The molecule has 4 nitrogen and oxygen atoms in total. The molecule has 90 valence electrons. The molecule has 0 bridgehead atoms. The molecule has 0 amide bonds. The Bertz CT molecular complexity index is 453. The van der Waals surface area contributed by atoms with Gasteiger partial charge in [0.15, 0.2) is 0 Å². The van der Waals surface area contributed by atoms with Gasteiger partial charge in [0.05, 0.1) is 6.20 Å². The highest BCUT2D eigenvalue weighted by molar-refractivity contribution is 8.13. The molecule has 0 aliphatic heterocycles. The predicted octanol–water partition coefficient (Wildman–Crippen LogP) is 2.58. The summed E-state index contributed by atoms with van der Waals surface area (Å²) >= 11 is 0. The SMILES string of the molecule is CCC(C)(C)Oc1ccc(S(=O)(=O)Cl)cn1. The van der Waals surface area contributed by atoms with Crippen LogP contribution in [0.4, 0.5) is 0 Å². The van der Waals surface area contributed by atoms with Crippen LogP contribution in [0.1, 0.15) is 27.2 Å². The van der Waals surface area contributed by atoms with Crippen LogP contribution >= 0.6 is 10.7 Å². The summed E-state index contributed by atoms with van der Waals surface area (Å²) < 4.78 is 27.5. The lowest BCUT2D eigenvalue weighted by atomic mass is 10.1. The molecule has 0 unspecified atom stereocenters. The smallest absolute Gasteiger partial charge is 0.262 e.